The van der Waals surface area contributed by atoms with Crippen molar-refractivity contribution in [3.8, 4) is 5.75 Å². The average Bonchev–Trinajstić information content (AvgIpc) is 3.03. The maximum atomic E-state index is 13.7. The van der Waals surface area contributed by atoms with Gasteiger partial charge in [-0.25, -0.2) is 8.78 Å². The zero-order valence-electron chi connectivity index (χ0n) is 13.8. The number of hydrogen-bond acceptors (Lipinski definition) is 3. The zero-order valence-corrected chi connectivity index (χ0v) is 13.8. The van der Waals surface area contributed by atoms with Gasteiger partial charge in [-0.2, -0.15) is 0 Å². The van der Waals surface area contributed by atoms with Crippen molar-refractivity contribution >= 4 is 16.9 Å². The Bertz CT molecular complexity index is 920. The van der Waals surface area contributed by atoms with Crippen molar-refractivity contribution in [3.63, 3.8) is 0 Å². The Balaban J connectivity index is 1.84. The van der Waals surface area contributed by atoms with Crippen molar-refractivity contribution in [2.45, 2.75) is 19.9 Å². The van der Waals surface area contributed by atoms with Gasteiger partial charge in [0.05, 0.1) is 18.2 Å². The SMILES string of the molecule is CCOc1cccc2cc(C(C)NC(=O)c3cccc(F)c3F)oc12. The van der Waals surface area contributed by atoms with Crippen LogP contribution in [0.2, 0.25) is 0 Å². The lowest BCUT2D eigenvalue weighted by Crippen LogP contribution is -2.27. The van der Waals surface area contributed by atoms with Gasteiger partial charge in [0.1, 0.15) is 5.76 Å². The van der Waals surface area contributed by atoms with Gasteiger partial charge in [-0.1, -0.05) is 18.2 Å². The first-order valence-corrected chi connectivity index (χ1v) is 7.91. The second-order valence-corrected chi connectivity index (χ2v) is 5.55. The molecule has 0 aliphatic rings. The van der Waals surface area contributed by atoms with Gasteiger partial charge in [0, 0.05) is 5.39 Å². The lowest BCUT2D eigenvalue weighted by atomic mass is 10.1. The summed E-state index contributed by atoms with van der Waals surface area (Å²) in [6.45, 7) is 4.08. The van der Waals surface area contributed by atoms with E-state index in [0.29, 0.717) is 23.7 Å². The van der Waals surface area contributed by atoms with Crippen LogP contribution in [-0.2, 0) is 0 Å². The van der Waals surface area contributed by atoms with Crippen LogP contribution in [0.1, 0.15) is 36.0 Å². The molecule has 25 heavy (non-hydrogen) atoms. The quantitative estimate of drug-likeness (QED) is 0.735. The summed E-state index contributed by atoms with van der Waals surface area (Å²) >= 11 is 0. The zero-order chi connectivity index (χ0) is 18.0. The number of amides is 1. The first kappa shape index (κ1) is 17.0. The van der Waals surface area contributed by atoms with Gasteiger partial charge in [-0.05, 0) is 38.1 Å². The van der Waals surface area contributed by atoms with Gasteiger partial charge >= 0.3 is 0 Å². The van der Waals surface area contributed by atoms with E-state index in [1.165, 1.54) is 12.1 Å². The normalized spacial score (nSPS) is 12.2. The topological polar surface area (TPSA) is 51.5 Å². The third-order valence-corrected chi connectivity index (χ3v) is 3.80. The van der Waals surface area contributed by atoms with Crippen LogP contribution in [0.3, 0.4) is 0 Å². The monoisotopic (exact) mass is 345 g/mol. The molecule has 0 aliphatic heterocycles. The first-order chi connectivity index (χ1) is 12.0. The Morgan fingerprint density at radius 2 is 2.00 bits per heavy atom. The van der Waals surface area contributed by atoms with Gasteiger partial charge in [-0.3, -0.25) is 4.79 Å². The average molecular weight is 345 g/mol. The molecule has 0 radical (unpaired) electrons. The molecule has 130 valence electrons. The molecule has 0 aliphatic carbocycles. The Labute approximate surface area is 143 Å². The van der Waals surface area contributed by atoms with E-state index in [9.17, 15) is 13.6 Å². The number of fused-ring (bicyclic) bond motifs is 1. The van der Waals surface area contributed by atoms with E-state index in [0.717, 1.165) is 11.5 Å². The number of nitrogens with one attached hydrogen (secondary N) is 1. The summed E-state index contributed by atoms with van der Waals surface area (Å²) in [6.07, 6.45) is 0. The fourth-order valence-electron chi connectivity index (χ4n) is 2.56. The molecule has 2 aromatic carbocycles. The fourth-order valence-corrected chi connectivity index (χ4v) is 2.56. The van der Waals surface area contributed by atoms with E-state index in [2.05, 4.69) is 5.32 Å². The molecule has 6 heteroatoms. The highest BCUT2D eigenvalue weighted by Crippen LogP contribution is 2.31. The number of benzene rings is 2. The van der Waals surface area contributed by atoms with Crippen LogP contribution in [0, 0.1) is 11.6 Å². The fraction of sp³-hybridized carbons (Fsp3) is 0.211. The lowest BCUT2D eigenvalue weighted by molar-refractivity contribution is 0.0930. The third-order valence-electron chi connectivity index (χ3n) is 3.80. The summed E-state index contributed by atoms with van der Waals surface area (Å²) in [5.41, 5.74) is 0.232. The molecule has 1 aromatic heterocycles. The van der Waals surface area contributed by atoms with Crippen LogP contribution in [0.4, 0.5) is 8.78 Å². The second kappa shape index (κ2) is 6.93. The number of carbonyl (C=O) groups is 1. The molecule has 0 saturated carbocycles. The van der Waals surface area contributed by atoms with Crippen molar-refractivity contribution in [2.75, 3.05) is 6.61 Å². The highest BCUT2D eigenvalue weighted by molar-refractivity contribution is 5.94. The van der Waals surface area contributed by atoms with Gasteiger partial charge in [-0.15, -0.1) is 0 Å². The molecule has 0 bridgehead atoms. The molecule has 0 fully saturated rings. The number of furan rings is 1. The standard InChI is InChI=1S/C19H17F2NO3/c1-3-24-15-9-4-6-12-10-16(25-18(12)15)11(2)22-19(23)13-7-5-8-14(20)17(13)21/h4-11H,3H2,1-2H3,(H,22,23). The van der Waals surface area contributed by atoms with Crippen molar-refractivity contribution in [1.82, 2.24) is 5.32 Å². The minimum atomic E-state index is -1.17. The Kier molecular flexibility index (Phi) is 4.70. The smallest absolute Gasteiger partial charge is 0.254 e. The van der Waals surface area contributed by atoms with Crippen molar-refractivity contribution in [2.24, 2.45) is 0 Å². The number of carbonyl (C=O) groups excluding carboxylic acids is 1. The minimum absolute atomic E-state index is 0.349. The number of halogens is 2. The van der Waals surface area contributed by atoms with Crippen LogP contribution >= 0.6 is 0 Å². The highest BCUT2D eigenvalue weighted by atomic mass is 19.2. The predicted molar refractivity (Wildman–Crippen MR) is 89.6 cm³/mol. The van der Waals surface area contributed by atoms with E-state index in [-0.39, 0.29) is 5.56 Å². The molecule has 1 atom stereocenters. The summed E-state index contributed by atoms with van der Waals surface area (Å²) in [6, 6.07) is 10.2. The molecule has 1 heterocycles. The maximum absolute atomic E-state index is 13.7. The highest BCUT2D eigenvalue weighted by Gasteiger charge is 2.20. The predicted octanol–water partition coefficient (Wildman–Crippen LogP) is 4.60. The van der Waals surface area contributed by atoms with Gasteiger partial charge in [0.15, 0.2) is 23.0 Å². The summed E-state index contributed by atoms with van der Waals surface area (Å²) < 4.78 is 38.3. The molecule has 3 aromatic rings. The van der Waals surface area contributed by atoms with Crippen molar-refractivity contribution in [3.05, 3.63) is 65.4 Å². The maximum Gasteiger partial charge on any atom is 0.254 e. The molecular weight excluding hydrogens is 328 g/mol. The van der Waals surface area contributed by atoms with Crippen LogP contribution < -0.4 is 10.1 Å². The molecule has 1 unspecified atom stereocenters. The van der Waals surface area contributed by atoms with E-state index >= 15 is 0 Å². The van der Waals surface area contributed by atoms with Crippen LogP contribution in [0.15, 0.2) is 46.9 Å². The second-order valence-electron chi connectivity index (χ2n) is 5.55. The van der Waals surface area contributed by atoms with Gasteiger partial charge in [0.2, 0.25) is 0 Å². The Morgan fingerprint density at radius 3 is 2.76 bits per heavy atom. The molecule has 3 rings (SSSR count). The third kappa shape index (κ3) is 3.33. The van der Waals surface area contributed by atoms with E-state index in [4.69, 9.17) is 9.15 Å². The summed E-state index contributed by atoms with van der Waals surface area (Å²) in [5, 5.41) is 3.45. The van der Waals surface area contributed by atoms with E-state index < -0.39 is 23.6 Å². The van der Waals surface area contributed by atoms with Crippen molar-refractivity contribution < 1.29 is 22.7 Å². The Hall–Kier alpha value is -2.89. The van der Waals surface area contributed by atoms with Crippen LogP contribution in [0.5, 0.6) is 5.75 Å². The number of hydrogen-bond donors (Lipinski definition) is 1. The molecule has 1 N–H and O–H groups in total. The first-order valence-electron chi connectivity index (χ1n) is 7.91. The molecule has 0 saturated heterocycles. The number of para-hydroxylation sites is 1. The van der Waals surface area contributed by atoms with E-state index in [1.54, 1.807) is 19.1 Å². The van der Waals surface area contributed by atoms with Crippen molar-refractivity contribution in [1.29, 1.82) is 0 Å². The number of rotatable bonds is 5. The van der Waals surface area contributed by atoms with Crippen LogP contribution in [-0.4, -0.2) is 12.5 Å². The summed E-state index contributed by atoms with van der Waals surface area (Å²) in [4.78, 5) is 12.2. The summed E-state index contributed by atoms with van der Waals surface area (Å²) in [5.74, 6) is -1.84. The molecule has 0 spiro atoms. The lowest BCUT2D eigenvalue weighted by Gasteiger charge is -2.12. The Morgan fingerprint density at radius 1 is 1.24 bits per heavy atom. The molecule has 1 amide bonds. The largest absolute Gasteiger partial charge is 0.490 e. The van der Waals surface area contributed by atoms with Crippen LogP contribution in [0.25, 0.3) is 11.0 Å². The molecular formula is C19H17F2NO3. The minimum Gasteiger partial charge on any atom is -0.490 e. The molecule has 4 nitrogen and oxygen atoms in total. The van der Waals surface area contributed by atoms with Gasteiger partial charge < -0.3 is 14.5 Å². The van der Waals surface area contributed by atoms with Gasteiger partial charge in [0.25, 0.3) is 5.91 Å². The number of ether oxygens (including phenoxy) is 1. The summed E-state index contributed by atoms with van der Waals surface area (Å²) in [7, 11) is 0. The van der Waals surface area contributed by atoms with E-state index in [1.807, 2.05) is 19.1 Å².